The molecule has 2 aliphatic rings. The first-order valence-corrected chi connectivity index (χ1v) is 37.4. The number of carbonyl (C=O) groups excluding carboxylic acids is 8. The van der Waals surface area contributed by atoms with Crippen LogP contribution < -0.4 is 48.5 Å². The molecule has 10 rings (SSSR count). The van der Waals surface area contributed by atoms with Crippen LogP contribution in [0, 0.1) is 0 Å². The van der Waals surface area contributed by atoms with E-state index in [1.165, 1.54) is 0 Å². The Hall–Kier alpha value is -12.1. The van der Waals surface area contributed by atoms with Gasteiger partial charge in [-0.2, -0.15) is 0 Å². The van der Waals surface area contributed by atoms with Crippen molar-refractivity contribution < 1.29 is 105 Å². The van der Waals surface area contributed by atoms with E-state index in [4.69, 9.17) is 66.3 Å². The van der Waals surface area contributed by atoms with Crippen molar-refractivity contribution in [2.75, 3.05) is 106 Å². The van der Waals surface area contributed by atoms with E-state index < -0.39 is 87.3 Å². The minimum Gasteiger partial charge on any atom is -0.483 e. The van der Waals surface area contributed by atoms with Crippen LogP contribution in [0.25, 0.3) is 0 Å². The summed E-state index contributed by atoms with van der Waals surface area (Å²) in [6.45, 7) is 8.33. The van der Waals surface area contributed by atoms with Crippen molar-refractivity contribution in [3.63, 3.8) is 0 Å². The van der Waals surface area contributed by atoms with Gasteiger partial charge in [0.15, 0.2) is 52.9 Å². The van der Waals surface area contributed by atoms with Gasteiger partial charge in [0.1, 0.15) is 46.0 Å². The zero-order valence-electron chi connectivity index (χ0n) is 63.5. The summed E-state index contributed by atoms with van der Waals surface area (Å²) in [5.74, 6) is -0.943. The number of rotatable bonds is 34. The number of benzene rings is 8. The number of nitrogens with one attached hydrogen (secondary N) is 2. The van der Waals surface area contributed by atoms with Gasteiger partial charge in [-0.3, -0.25) is 9.59 Å². The lowest BCUT2D eigenvalue weighted by Gasteiger charge is -2.22. The van der Waals surface area contributed by atoms with Gasteiger partial charge in [-0.1, -0.05) is 146 Å². The Morgan fingerprint density at radius 3 is 0.495 bits per heavy atom. The number of hydrogen-bond donors (Lipinski definition) is 2. The number of para-hydroxylation sites is 8. The highest BCUT2D eigenvalue weighted by Gasteiger charge is 2.28. The Labute approximate surface area is 645 Å². The van der Waals surface area contributed by atoms with Gasteiger partial charge in [-0.05, 0) is 137 Å². The van der Waals surface area contributed by atoms with Crippen LogP contribution in [0.4, 0.5) is 0 Å². The molecule has 8 aromatic carbocycles. The van der Waals surface area contributed by atoms with Gasteiger partial charge in [-0.25, -0.2) is 28.8 Å². The summed E-state index contributed by atoms with van der Waals surface area (Å²) < 4.78 is 83.4. The summed E-state index contributed by atoms with van der Waals surface area (Å²) >= 11 is 0. The molecule has 0 atom stereocenters. The number of ether oxygens (including phenoxy) is 14. The molecule has 111 heavy (non-hydrogen) atoms. The van der Waals surface area contributed by atoms with Crippen LogP contribution in [0.2, 0.25) is 0 Å². The standard InChI is InChI=1S/C87H94N2O22/c1-7-98-74(92)50-106-82-60-26-15-30-64(82)44-68-34-19-35-69(86(68)110-54-78(96)102-11-5)45-65-31-16-27-61(83(65)107-51-75(93)99-8-2)41-57-23-13-22-56(40-60)80(57)104-48-72(90)88-38-21-39-89-73(91)49-105-81-58-24-14-25-59(81)43-63-29-18-33-67(85(63)109-53-77(95)101-10-4)47-71-37-20-36-70(87(71)111-55-79(97)103-12-6)46-66-32-17-28-62(42-58)84(66)108-52-76(94)100-9-3/h13-20,22-37H,7-12,21,38-55H2,1-6H3,(H,88,90)(H,89,91). The molecule has 584 valence electrons. The monoisotopic (exact) mass is 1520 g/mol. The van der Waals surface area contributed by atoms with E-state index in [-0.39, 0.29) is 117 Å². The molecule has 2 N–H and O–H groups in total. The molecule has 0 unspecified atom stereocenters. The summed E-state index contributed by atoms with van der Waals surface area (Å²) in [7, 11) is 0. The van der Waals surface area contributed by atoms with Crippen LogP contribution in [-0.2, 0) is 118 Å². The van der Waals surface area contributed by atoms with Crippen molar-refractivity contribution in [3.8, 4) is 46.0 Å². The van der Waals surface area contributed by atoms with Crippen molar-refractivity contribution in [2.45, 2.75) is 99.3 Å². The predicted octanol–water partition coefficient (Wildman–Crippen LogP) is 10.8. The lowest BCUT2D eigenvalue weighted by molar-refractivity contribution is -0.146. The minimum atomic E-state index is -0.568. The Bertz CT molecular complexity index is 4090. The highest BCUT2D eigenvalue weighted by Crippen LogP contribution is 2.42. The van der Waals surface area contributed by atoms with Crippen molar-refractivity contribution in [1.29, 1.82) is 0 Å². The number of amides is 2. The summed E-state index contributed by atoms with van der Waals surface area (Å²) in [6, 6.07) is 45.3. The van der Waals surface area contributed by atoms with Crippen LogP contribution in [0.3, 0.4) is 0 Å². The third-order valence-electron chi connectivity index (χ3n) is 18.0. The minimum absolute atomic E-state index is 0.146. The number of fused-ring (bicyclic) bond motifs is 16. The molecule has 0 heterocycles. The Balaban J connectivity index is 0.889. The fraction of sp³-hybridized carbons (Fsp3) is 0.356. The van der Waals surface area contributed by atoms with Gasteiger partial charge in [0.25, 0.3) is 11.8 Å². The average Bonchev–Trinajstić information content (AvgIpc) is 0.790. The molecule has 24 nitrogen and oxygen atoms in total. The van der Waals surface area contributed by atoms with E-state index in [0.29, 0.717) is 141 Å². The smallest absolute Gasteiger partial charge is 0.344 e. The molecule has 0 saturated heterocycles. The van der Waals surface area contributed by atoms with Crippen LogP contribution in [-0.4, -0.2) is 153 Å². The lowest BCUT2D eigenvalue weighted by Crippen LogP contribution is -2.34. The Morgan fingerprint density at radius 2 is 0.360 bits per heavy atom. The van der Waals surface area contributed by atoms with Crippen molar-refractivity contribution in [1.82, 2.24) is 10.6 Å². The lowest BCUT2D eigenvalue weighted by atomic mass is 9.91. The maximum absolute atomic E-state index is 14.0. The maximum atomic E-state index is 14.0. The molecule has 2 amide bonds. The average molecular weight is 1520 g/mol. The van der Waals surface area contributed by atoms with E-state index in [9.17, 15) is 38.4 Å². The van der Waals surface area contributed by atoms with Gasteiger partial charge in [-0.15, -0.1) is 0 Å². The fourth-order valence-electron chi connectivity index (χ4n) is 13.4. The quantitative estimate of drug-likeness (QED) is 0.0215. The second-order valence-corrected chi connectivity index (χ2v) is 25.9. The molecule has 2 aliphatic carbocycles. The zero-order valence-corrected chi connectivity index (χ0v) is 63.5. The van der Waals surface area contributed by atoms with Crippen molar-refractivity contribution >= 4 is 47.6 Å². The molecule has 24 heteroatoms. The van der Waals surface area contributed by atoms with Crippen molar-refractivity contribution in [3.05, 3.63) is 235 Å². The largest absolute Gasteiger partial charge is 0.483 e. The first-order valence-electron chi connectivity index (χ1n) is 37.4. The first-order chi connectivity index (χ1) is 54.1. The molecule has 0 saturated carbocycles. The summed E-state index contributed by atoms with van der Waals surface area (Å²) in [5, 5.41) is 5.88. The van der Waals surface area contributed by atoms with Gasteiger partial charge in [0.2, 0.25) is 0 Å². The second kappa shape index (κ2) is 41.5. The van der Waals surface area contributed by atoms with Gasteiger partial charge >= 0.3 is 35.8 Å². The number of carbonyl (C=O) groups is 8. The molecule has 0 spiro atoms. The van der Waals surface area contributed by atoms with Crippen molar-refractivity contribution in [2.24, 2.45) is 0 Å². The summed E-state index contributed by atoms with van der Waals surface area (Å²) in [6.07, 6.45) is 2.03. The van der Waals surface area contributed by atoms with Crippen LogP contribution in [0.5, 0.6) is 46.0 Å². The van der Waals surface area contributed by atoms with Gasteiger partial charge < -0.3 is 76.9 Å². The molecular formula is C87H94N2O22. The fourth-order valence-corrected chi connectivity index (χ4v) is 13.4. The third kappa shape index (κ3) is 23.0. The molecule has 0 aromatic heterocycles. The summed E-state index contributed by atoms with van der Waals surface area (Å²) in [4.78, 5) is 106. The highest BCUT2D eigenvalue weighted by atomic mass is 16.6. The number of esters is 6. The Kier molecular flexibility index (Phi) is 30.4. The molecular weight excluding hydrogens is 1420 g/mol. The third-order valence-corrected chi connectivity index (χ3v) is 18.0. The second-order valence-electron chi connectivity index (χ2n) is 25.9. The highest BCUT2D eigenvalue weighted by molar-refractivity contribution is 5.79. The van der Waals surface area contributed by atoms with E-state index in [1.807, 2.05) is 146 Å². The number of hydrogen-bond acceptors (Lipinski definition) is 22. The summed E-state index contributed by atoms with van der Waals surface area (Å²) in [5.41, 5.74) is 11.0. The first kappa shape index (κ1) is 81.4. The van der Waals surface area contributed by atoms with Crippen LogP contribution >= 0.6 is 0 Å². The maximum Gasteiger partial charge on any atom is 0.344 e. The van der Waals surface area contributed by atoms with Gasteiger partial charge in [0, 0.05) is 64.5 Å². The normalized spacial score (nSPS) is 11.9. The molecule has 8 aromatic rings. The molecule has 0 aliphatic heterocycles. The molecule has 16 bridgehead atoms. The molecule has 0 radical (unpaired) electrons. The van der Waals surface area contributed by atoms with E-state index >= 15 is 0 Å². The van der Waals surface area contributed by atoms with E-state index in [1.54, 1.807) is 41.5 Å². The van der Waals surface area contributed by atoms with E-state index in [2.05, 4.69) is 10.6 Å². The topological polar surface area (TPSA) is 290 Å². The van der Waals surface area contributed by atoms with Gasteiger partial charge in [0.05, 0.1) is 39.6 Å². The van der Waals surface area contributed by atoms with Crippen LogP contribution in [0.1, 0.15) is 137 Å². The van der Waals surface area contributed by atoms with Crippen LogP contribution in [0.15, 0.2) is 146 Å². The SMILES string of the molecule is CCOC(=O)COc1c2cccc1Cc1cccc(c1OCC(=O)OCC)Cc1cccc(c1OCC(=O)OCC)Cc1cccc(c1OCC(=O)NCCCNC(=O)COc1c3cccc1Cc1cccc(c1OCC(=O)OCC)Cc1cccc(c1OCC(=O)OCC)Cc1cccc(c1OCC(=O)OCC)C3)C2. The van der Waals surface area contributed by atoms with E-state index in [0.717, 1.165) is 0 Å². The predicted molar refractivity (Wildman–Crippen MR) is 408 cm³/mol. The molecule has 0 fully saturated rings. The Morgan fingerprint density at radius 1 is 0.225 bits per heavy atom. The zero-order chi connectivity index (χ0) is 78.4.